The van der Waals surface area contributed by atoms with Crippen molar-refractivity contribution < 1.29 is 9.69 Å². The van der Waals surface area contributed by atoms with Gasteiger partial charge < -0.3 is 9.80 Å². The number of aromatic nitrogens is 2. The zero-order chi connectivity index (χ0) is 21.1. The summed E-state index contributed by atoms with van der Waals surface area (Å²) in [6.07, 6.45) is 0.776. The van der Waals surface area contributed by atoms with E-state index in [2.05, 4.69) is 34.6 Å². The second-order valence-corrected chi connectivity index (χ2v) is 9.13. The Bertz CT molecular complexity index is 851. The lowest BCUT2D eigenvalue weighted by atomic mass is 9.97. The minimum Gasteiger partial charge on any atom is -0.332 e. The van der Waals surface area contributed by atoms with E-state index in [1.807, 2.05) is 33.8 Å². The van der Waals surface area contributed by atoms with Gasteiger partial charge in [0.1, 0.15) is 0 Å². The molecule has 3 rings (SSSR count). The van der Waals surface area contributed by atoms with Crippen LogP contribution >= 0.6 is 11.6 Å². The van der Waals surface area contributed by atoms with Crippen molar-refractivity contribution in [3.63, 3.8) is 0 Å². The van der Waals surface area contributed by atoms with Gasteiger partial charge in [-0.25, -0.2) is 4.68 Å². The van der Waals surface area contributed by atoms with Gasteiger partial charge in [0.25, 0.3) is 5.91 Å². The van der Waals surface area contributed by atoms with Crippen LogP contribution in [-0.2, 0) is 6.42 Å². The molecule has 0 spiro atoms. The topological polar surface area (TPSA) is 42.6 Å². The van der Waals surface area contributed by atoms with Gasteiger partial charge in [-0.15, -0.1) is 0 Å². The molecule has 1 fully saturated rings. The van der Waals surface area contributed by atoms with Gasteiger partial charge in [-0.3, -0.25) is 4.79 Å². The van der Waals surface area contributed by atoms with Crippen molar-refractivity contribution in [3.05, 3.63) is 46.2 Å². The van der Waals surface area contributed by atoms with Crippen molar-refractivity contribution in [3.8, 4) is 5.69 Å². The number of hydrogen-bond donors (Lipinski definition) is 1. The molecule has 1 N–H and O–H groups in total. The van der Waals surface area contributed by atoms with Crippen molar-refractivity contribution in [1.29, 1.82) is 0 Å². The average Bonchev–Trinajstić information content (AvgIpc) is 3.06. The molecule has 1 aliphatic rings. The number of hydrogen-bond acceptors (Lipinski definition) is 2. The minimum atomic E-state index is 0.123. The van der Waals surface area contributed by atoms with Crippen molar-refractivity contribution in [2.75, 3.05) is 32.7 Å². The van der Waals surface area contributed by atoms with Crippen molar-refractivity contribution in [2.24, 2.45) is 5.92 Å². The Morgan fingerprint density at radius 1 is 1.17 bits per heavy atom. The highest BCUT2D eigenvalue weighted by molar-refractivity contribution is 6.32. The molecule has 1 aromatic heterocycles. The Balaban J connectivity index is 2.09. The maximum atomic E-state index is 13.7. The fourth-order valence-corrected chi connectivity index (χ4v) is 4.33. The van der Waals surface area contributed by atoms with E-state index in [0.717, 1.165) is 61.8 Å². The van der Waals surface area contributed by atoms with Crippen LogP contribution in [0.15, 0.2) is 24.3 Å². The summed E-state index contributed by atoms with van der Waals surface area (Å²) in [5.74, 6) is 0.691. The largest absolute Gasteiger partial charge is 0.332 e. The summed E-state index contributed by atoms with van der Waals surface area (Å²) in [4.78, 5) is 17.3. The molecule has 0 bridgehead atoms. The smallest absolute Gasteiger partial charge is 0.258 e. The number of quaternary nitrogens is 1. The Morgan fingerprint density at radius 3 is 2.38 bits per heavy atom. The van der Waals surface area contributed by atoms with Crippen molar-refractivity contribution >= 4 is 17.5 Å². The summed E-state index contributed by atoms with van der Waals surface area (Å²) in [5, 5.41) is 5.57. The molecule has 0 saturated carbocycles. The number of amides is 1. The van der Waals surface area contributed by atoms with Crippen LogP contribution in [0.25, 0.3) is 5.69 Å². The number of benzene rings is 1. The highest BCUT2D eigenvalue weighted by atomic mass is 35.5. The molecule has 6 heteroatoms. The van der Waals surface area contributed by atoms with Gasteiger partial charge in [0.05, 0.1) is 60.4 Å². The van der Waals surface area contributed by atoms with Gasteiger partial charge in [-0.1, -0.05) is 51.4 Å². The van der Waals surface area contributed by atoms with Gasteiger partial charge in [0.2, 0.25) is 0 Å². The van der Waals surface area contributed by atoms with Crippen molar-refractivity contribution in [1.82, 2.24) is 14.7 Å². The normalized spacial score (nSPS) is 15.5. The first-order valence-corrected chi connectivity index (χ1v) is 11.2. The highest BCUT2D eigenvalue weighted by Crippen LogP contribution is 2.31. The van der Waals surface area contributed by atoms with Gasteiger partial charge >= 0.3 is 0 Å². The molecular formula is C23H34ClN4O+. The number of nitrogens with one attached hydrogen (secondary N) is 1. The maximum Gasteiger partial charge on any atom is 0.258 e. The van der Waals surface area contributed by atoms with Crippen molar-refractivity contribution in [2.45, 2.75) is 47.0 Å². The molecule has 158 valence electrons. The highest BCUT2D eigenvalue weighted by Gasteiger charge is 2.32. The number of carbonyl (C=O) groups is 1. The van der Waals surface area contributed by atoms with E-state index in [4.69, 9.17) is 16.7 Å². The summed E-state index contributed by atoms with van der Waals surface area (Å²) < 4.78 is 1.91. The summed E-state index contributed by atoms with van der Waals surface area (Å²) >= 11 is 6.50. The molecule has 2 aromatic rings. The molecule has 0 unspecified atom stereocenters. The van der Waals surface area contributed by atoms with Gasteiger partial charge in [-0.2, -0.15) is 5.10 Å². The lowest BCUT2D eigenvalue weighted by Gasteiger charge is -2.32. The van der Waals surface area contributed by atoms with Gasteiger partial charge in [0.15, 0.2) is 0 Å². The van der Waals surface area contributed by atoms with Crippen LogP contribution in [0.1, 0.15) is 62.3 Å². The number of para-hydroxylation sites is 1. The fraction of sp³-hybridized carbons (Fsp3) is 0.565. The third-order valence-electron chi connectivity index (χ3n) is 5.69. The predicted molar refractivity (Wildman–Crippen MR) is 118 cm³/mol. The average molecular weight is 418 g/mol. The predicted octanol–water partition coefficient (Wildman–Crippen LogP) is 3.21. The molecule has 2 heterocycles. The van der Waals surface area contributed by atoms with Crippen LogP contribution in [0.3, 0.4) is 0 Å². The Kier molecular flexibility index (Phi) is 7.01. The molecule has 0 aliphatic carbocycles. The van der Waals surface area contributed by atoms with Crippen LogP contribution in [0.2, 0.25) is 5.02 Å². The molecule has 1 amide bonds. The Hall–Kier alpha value is -1.85. The van der Waals surface area contributed by atoms with Gasteiger partial charge in [-0.05, 0) is 37.3 Å². The van der Waals surface area contributed by atoms with Crippen LogP contribution in [-0.4, -0.2) is 53.3 Å². The second kappa shape index (κ2) is 9.31. The number of carbonyl (C=O) groups excluding carboxylic acids is 1. The summed E-state index contributed by atoms with van der Waals surface area (Å²) in [6, 6.07) is 7.72. The zero-order valence-electron chi connectivity index (χ0n) is 18.3. The van der Waals surface area contributed by atoms with Crippen LogP contribution < -0.4 is 4.90 Å². The summed E-state index contributed by atoms with van der Waals surface area (Å²) in [6.45, 7) is 15.5. The van der Waals surface area contributed by atoms with E-state index in [9.17, 15) is 4.79 Å². The maximum absolute atomic E-state index is 13.7. The van der Waals surface area contributed by atoms with E-state index in [0.29, 0.717) is 10.9 Å². The van der Waals surface area contributed by atoms with E-state index >= 15 is 0 Å². The first kappa shape index (κ1) is 21.8. The number of rotatable bonds is 6. The van der Waals surface area contributed by atoms with E-state index in [1.54, 1.807) is 4.90 Å². The first-order chi connectivity index (χ1) is 13.8. The van der Waals surface area contributed by atoms with E-state index in [-0.39, 0.29) is 11.8 Å². The number of halogens is 1. The molecule has 29 heavy (non-hydrogen) atoms. The quantitative estimate of drug-likeness (QED) is 0.784. The number of likely N-dealkylation sites (N-methyl/N-ethyl adjacent to an activating group) is 1. The molecule has 0 atom stereocenters. The third-order valence-corrected chi connectivity index (χ3v) is 6.01. The summed E-state index contributed by atoms with van der Waals surface area (Å²) in [7, 11) is 0. The fourth-order valence-electron chi connectivity index (χ4n) is 4.12. The molecule has 5 nitrogen and oxygen atoms in total. The van der Waals surface area contributed by atoms with E-state index in [1.165, 1.54) is 0 Å². The lowest BCUT2D eigenvalue weighted by molar-refractivity contribution is -0.902. The standard InChI is InChI=1S/C23H33ClN4O/c1-6-26-11-13-27(14-12-26)23(29)21-19(15-16(2)3)25-28(22(21)17(4)5)20-10-8-7-9-18(20)24/h7-10,16-17H,6,11-15H2,1-5H3/p+1. The Labute approximate surface area is 179 Å². The first-order valence-electron chi connectivity index (χ1n) is 10.8. The van der Waals surface area contributed by atoms with E-state index < -0.39 is 0 Å². The number of piperazine rings is 1. The van der Waals surface area contributed by atoms with Crippen LogP contribution in [0.4, 0.5) is 0 Å². The molecule has 1 saturated heterocycles. The Morgan fingerprint density at radius 2 is 1.83 bits per heavy atom. The van der Waals surface area contributed by atoms with Crippen LogP contribution in [0.5, 0.6) is 0 Å². The van der Waals surface area contributed by atoms with Crippen LogP contribution in [0, 0.1) is 5.92 Å². The van der Waals surface area contributed by atoms with Gasteiger partial charge in [0, 0.05) is 0 Å². The molecular weight excluding hydrogens is 384 g/mol. The lowest BCUT2D eigenvalue weighted by Crippen LogP contribution is -3.14. The third kappa shape index (κ3) is 4.67. The SMILES string of the molecule is CC[NH+]1CCN(C(=O)c2c(CC(C)C)nn(-c3ccccc3Cl)c2C(C)C)CC1. The zero-order valence-corrected chi connectivity index (χ0v) is 19.1. The molecule has 0 radical (unpaired) electrons. The second-order valence-electron chi connectivity index (χ2n) is 8.72. The molecule has 1 aliphatic heterocycles. The summed E-state index contributed by atoms with van der Waals surface area (Å²) in [5.41, 5.74) is 3.47. The minimum absolute atomic E-state index is 0.123. The molecule has 1 aromatic carbocycles. The monoisotopic (exact) mass is 417 g/mol. The number of nitrogens with zero attached hydrogens (tertiary/aromatic N) is 3.